The lowest BCUT2D eigenvalue weighted by Crippen LogP contribution is -2.49. The number of carbonyl (C=O) groups is 2. The normalized spacial score (nSPS) is 17.4. The van der Waals surface area contributed by atoms with Gasteiger partial charge >= 0.3 is 0 Å². The lowest BCUT2D eigenvalue weighted by molar-refractivity contribution is -0.124. The molecule has 5 nitrogen and oxygen atoms in total. The Morgan fingerprint density at radius 2 is 1.94 bits per heavy atom. The number of nitrogens with two attached hydrogens (primary N) is 1. The van der Waals surface area contributed by atoms with Crippen LogP contribution in [0, 0.1) is 5.41 Å². The molecule has 0 spiro atoms. The zero-order valence-electron chi connectivity index (χ0n) is 10.9. The fourth-order valence-corrected chi connectivity index (χ4v) is 1.33. The van der Waals surface area contributed by atoms with E-state index in [1.807, 2.05) is 20.8 Å². The predicted molar refractivity (Wildman–Crippen MR) is 66.2 cm³/mol. The predicted octanol–water partition coefficient (Wildman–Crippen LogP) is 0.145. The van der Waals surface area contributed by atoms with E-state index in [4.69, 9.17) is 5.73 Å². The summed E-state index contributed by atoms with van der Waals surface area (Å²) in [7, 11) is 0. The van der Waals surface area contributed by atoms with Crippen LogP contribution in [0.5, 0.6) is 0 Å². The second kappa shape index (κ2) is 5.49. The molecule has 1 fully saturated rings. The van der Waals surface area contributed by atoms with E-state index in [0.29, 0.717) is 19.0 Å². The van der Waals surface area contributed by atoms with Crippen LogP contribution >= 0.6 is 0 Å². The SMILES string of the molecule is CC(C)(C)[C@H](N)C(=O)NCCC(=O)NC1CC1. The lowest BCUT2D eigenvalue weighted by Gasteiger charge is -2.25. The van der Waals surface area contributed by atoms with E-state index in [1.165, 1.54) is 0 Å². The smallest absolute Gasteiger partial charge is 0.237 e. The fourth-order valence-electron chi connectivity index (χ4n) is 1.33. The van der Waals surface area contributed by atoms with E-state index in [-0.39, 0.29) is 17.2 Å². The van der Waals surface area contributed by atoms with Gasteiger partial charge in [-0.05, 0) is 18.3 Å². The largest absolute Gasteiger partial charge is 0.354 e. The molecule has 0 unspecified atom stereocenters. The van der Waals surface area contributed by atoms with Gasteiger partial charge in [-0.1, -0.05) is 20.8 Å². The average molecular weight is 241 g/mol. The van der Waals surface area contributed by atoms with Gasteiger partial charge in [0.2, 0.25) is 11.8 Å². The lowest BCUT2D eigenvalue weighted by atomic mass is 9.87. The summed E-state index contributed by atoms with van der Waals surface area (Å²) >= 11 is 0. The van der Waals surface area contributed by atoms with Crippen LogP contribution in [0.3, 0.4) is 0 Å². The van der Waals surface area contributed by atoms with Crippen LogP contribution < -0.4 is 16.4 Å². The van der Waals surface area contributed by atoms with Crippen LogP contribution in [-0.2, 0) is 9.59 Å². The quantitative estimate of drug-likeness (QED) is 0.640. The first-order valence-electron chi connectivity index (χ1n) is 6.13. The molecule has 0 aromatic heterocycles. The van der Waals surface area contributed by atoms with Crippen LogP contribution in [0.1, 0.15) is 40.0 Å². The minimum absolute atomic E-state index is 0.00266. The van der Waals surface area contributed by atoms with E-state index in [1.54, 1.807) is 0 Å². The first-order valence-corrected chi connectivity index (χ1v) is 6.13. The summed E-state index contributed by atoms with van der Waals surface area (Å²) in [6, 6.07) is -0.177. The Morgan fingerprint density at radius 1 is 1.35 bits per heavy atom. The Hall–Kier alpha value is -1.10. The van der Waals surface area contributed by atoms with Gasteiger partial charge < -0.3 is 16.4 Å². The maximum absolute atomic E-state index is 11.6. The molecule has 1 atom stereocenters. The second-order valence-electron chi connectivity index (χ2n) is 5.73. The van der Waals surface area contributed by atoms with Gasteiger partial charge in [-0.3, -0.25) is 9.59 Å². The molecule has 98 valence electrons. The van der Waals surface area contributed by atoms with Crippen molar-refractivity contribution in [1.82, 2.24) is 10.6 Å². The molecule has 2 amide bonds. The van der Waals surface area contributed by atoms with Crippen LogP contribution in [-0.4, -0.2) is 30.4 Å². The maximum atomic E-state index is 11.6. The Labute approximate surface area is 103 Å². The standard InChI is InChI=1S/C12H23N3O2/c1-12(2,3)10(13)11(17)14-7-6-9(16)15-8-4-5-8/h8,10H,4-7,13H2,1-3H3,(H,14,17)(H,15,16)/t10-/m1/s1. The third-order valence-electron chi connectivity index (χ3n) is 2.81. The number of carbonyl (C=O) groups excluding carboxylic acids is 2. The molecule has 1 rings (SSSR count). The van der Waals surface area contributed by atoms with Crippen molar-refractivity contribution in [2.45, 2.75) is 52.1 Å². The van der Waals surface area contributed by atoms with Gasteiger partial charge in [0, 0.05) is 19.0 Å². The number of amides is 2. The molecule has 5 heteroatoms. The van der Waals surface area contributed by atoms with E-state index in [2.05, 4.69) is 10.6 Å². The highest BCUT2D eigenvalue weighted by molar-refractivity contribution is 5.83. The number of nitrogens with one attached hydrogen (secondary N) is 2. The van der Waals surface area contributed by atoms with Crippen molar-refractivity contribution in [1.29, 1.82) is 0 Å². The first kappa shape index (κ1) is 14.0. The first-order chi connectivity index (χ1) is 7.80. The topological polar surface area (TPSA) is 84.2 Å². The highest BCUT2D eigenvalue weighted by atomic mass is 16.2. The molecule has 4 N–H and O–H groups in total. The van der Waals surface area contributed by atoms with Crippen molar-refractivity contribution in [2.24, 2.45) is 11.1 Å². The van der Waals surface area contributed by atoms with E-state index < -0.39 is 6.04 Å². The molecule has 17 heavy (non-hydrogen) atoms. The third-order valence-corrected chi connectivity index (χ3v) is 2.81. The minimum atomic E-state index is -0.547. The molecular weight excluding hydrogens is 218 g/mol. The summed E-state index contributed by atoms with van der Waals surface area (Å²) < 4.78 is 0. The van der Waals surface area contributed by atoms with E-state index in [0.717, 1.165) is 12.8 Å². The molecular formula is C12H23N3O2. The van der Waals surface area contributed by atoms with Gasteiger partial charge in [0.25, 0.3) is 0 Å². The molecule has 0 aliphatic heterocycles. The van der Waals surface area contributed by atoms with Gasteiger partial charge in [-0.25, -0.2) is 0 Å². The number of hydrogen-bond acceptors (Lipinski definition) is 3. The Kier molecular flexibility index (Phi) is 4.51. The highest BCUT2D eigenvalue weighted by Crippen LogP contribution is 2.18. The van der Waals surface area contributed by atoms with Crippen LogP contribution in [0.15, 0.2) is 0 Å². The molecule has 1 aliphatic carbocycles. The second-order valence-corrected chi connectivity index (χ2v) is 5.73. The van der Waals surface area contributed by atoms with Crippen molar-refractivity contribution in [2.75, 3.05) is 6.54 Å². The minimum Gasteiger partial charge on any atom is -0.354 e. The summed E-state index contributed by atoms with van der Waals surface area (Å²) in [4.78, 5) is 23.0. The maximum Gasteiger partial charge on any atom is 0.237 e. The van der Waals surface area contributed by atoms with Crippen molar-refractivity contribution in [3.8, 4) is 0 Å². The van der Waals surface area contributed by atoms with Gasteiger partial charge in [-0.15, -0.1) is 0 Å². The molecule has 0 heterocycles. The number of hydrogen-bond donors (Lipinski definition) is 3. The molecule has 0 aromatic rings. The van der Waals surface area contributed by atoms with Gasteiger partial charge in [0.05, 0.1) is 6.04 Å². The highest BCUT2D eigenvalue weighted by Gasteiger charge is 2.27. The van der Waals surface area contributed by atoms with E-state index >= 15 is 0 Å². The van der Waals surface area contributed by atoms with Gasteiger partial charge in [0.15, 0.2) is 0 Å². The zero-order chi connectivity index (χ0) is 13.1. The van der Waals surface area contributed by atoms with Crippen LogP contribution in [0.25, 0.3) is 0 Å². The third kappa shape index (κ3) is 5.17. The fraction of sp³-hybridized carbons (Fsp3) is 0.833. The molecule has 0 saturated heterocycles. The molecule has 1 saturated carbocycles. The van der Waals surface area contributed by atoms with Crippen LogP contribution in [0.4, 0.5) is 0 Å². The summed E-state index contributed by atoms with van der Waals surface area (Å²) in [6.07, 6.45) is 2.47. The van der Waals surface area contributed by atoms with Crippen molar-refractivity contribution < 1.29 is 9.59 Å². The molecule has 0 radical (unpaired) electrons. The van der Waals surface area contributed by atoms with Crippen LogP contribution in [0.2, 0.25) is 0 Å². The Bertz CT molecular complexity index is 293. The zero-order valence-corrected chi connectivity index (χ0v) is 10.9. The summed E-state index contributed by atoms with van der Waals surface area (Å²) in [5.74, 6) is -0.200. The summed E-state index contributed by atoms with van der Waals surface area (Å²) in [5.41, 5.74) is 5.53. The average Bonchev–Trinajstić information content (AvgIpc) is 2.98. The van der Waals surface area contributed by atoms with Gasteiger partial charge in [-0.2, -0.15) is 0 Å². The van der Waals surface area contributed by atoms with Crippen molar-refractivity contribution >= 4 is 11.8 Å². The van der Waals surface area contributed by atoms with Gasteiger partial charge in [0.1, 0.15) is 0 Å². The van der Waals surface area contributed by atoms with E-state index in [9.17, 15) is 9.59 Å². The molecule has 0 aromatic carbocycles. The number of rotatable bonds is 5. The summed E-state index contributed by atoms with van der Waals surface area (Å²) in [5, 5.41) is 5.55. The van der Waals surface area contributed by atoms with Crippen molar-refractivity contribution in [3.05, 3.63) is 0 Å². The monoisotopic (exact) mass is 241 g/mol. The summed E-state index contributed by atoms with van der Waals surface area (Å²) in [6.45, 7) is 6.09. The molecule has 0 bridgehead atoms. The molecule has 1 aliphatic rings. The Balaban J connectivity index is 2.16. The Morgan fingerprint density at radius 3 is 2.41 bits per heavy atom. The van der Waals surface area contributed by atoms with Crippen molar-refractivity contribution in [3.63, 3.8) is 0 Å².